The van der Waals surface area contributed by atoms with Crippen LogP contribution in [-0.2, 0) is 0 Å². The van der Waals surface area contributed by atoms with Crippen molar-refractivity contribution in [2.24, 2.45) is 0 Å². The average molecular weight is 339 g/mol. The number of aromatic nitrogens is 2. The molecule has 0 bridgehead atoms. The number of fused-ring (bicyclic) bond motifs is 1. The minimum atomic E-state index is 0.843. The fourth-order valence-electron chi connectivity index (χ4n) is 3.24. The lowest BCUT2D eigenvalue weighted by Gasteiger charge is -2.34. The summed E-state index contributed by atoms with van der Waals surface area (Å²) in [5, 5.41) is 4.63. The summed E-state index contributed by atoms with van der Waals surface area (Å²) in [4.78, 5) is 14.4. The third kappa shape index (κ3) is 4.48. The first kappa shape index (κ1) is 17.7. The Hall–Kier alpha value is -2.14. The molecule has 1 aliphatic heterocycles. The van der Waals surface area contributed by atoms with Gasteiger partial charge in [0.05, 0.1) is 5.52 Å². The predicted octanol–water partition coefficient (Wildman–Crippen LogP) is 3.54. The third-order valence-corrected chi connectivity index (χ3v) is 4.71. The fourth-order valence-corrected chi connectivity index (χ4v) is 3.24. The van der Waals surface area contributed by atoms with Gasteiger partial charge < -0.3 is 10.2 Å². The molecule has 2 heterocycles. The highest BCUT2D eigenvalue weighted by molar-refractivity contribution is 5.90. The lowest BCUT2D eigenvalue weighted by atomic mass is 10.2. The summed E-state index contributed by atoms with van der Waals surface area (Å²) < 4.78 is 0. The number of nitrogens with zero attached hydrogens (tertiary/aromatic N) is 4. The summed E-state index contributed by atoms with van der Waals surface area (Å²) in [7, 11) is 0. The molecule has 2 aromatic rings. The molecule has 1 aliphatic rings. The van der Waals surface area contributed by atoms with Crippen LogP contribution in [0.15, 0.2) is 36.9 Å². The first-order valence-electron chi connectivity index (χ1n) is 9.40. The van der Waals surface area contributed by atoms with Crippen LogP contribution in [0, 0.1) is 0 Å². The van der Waals surface area contributed by atoms with Crippen LogP contribution in [0.3, 0.4) is 0 Å². The molecule has 5 heteroatoms. The van der Waals surface area contributed by atoms with Crippen molar-refractivity contribution < 1.29 is 0 Å². The summed E-state index contributed by atoms with van der Waals surface area (Å²) in [6.45, 7) is 12.0. The van der Waals surface area contributed by atoms with E-state index in [9.17, 15) is 0 Å². The second-order valence-electron chi connectivity index (χ2n) is 6.60. The van der Waals surface area contributed by atoms with Crippen LogP contribution in [0.2, 0.25) is 0 Å². The van der Waals surface area contributed by atoms with Gasteiger partial charge in [-0.2, -0.15) is 4.98 Å². The molecule has 3 rings (SSSR count). The topological polar surface area (TPSA) is 44.3 Å². The molecule has 1 saturated heterocycles. The summed E-state index contributed by atoms with van der Waals surface area (Å²) in [5.41, 5.74) is 1.01. The maximum absolute atomic E-state index is 4.86. The number of para-hydroxylation sites is 1. The maximum atomic E-state index is 4.86. The Morgan fingerprint density at radius 3 is 2.68 bits per heavy atom. The number of hydrogen-bond donors (Lipinski definition) is 1. The molecule has 0 amide bonds. The molecule has 0 unspecified atom stereocenters. The molecule has 1 aromatic carbocycles. The highest BCUT2D eigenvalue weighted by Gasteiger charge is 2.19. The normalized spacial score (nSPS) is 15.5. The minimum absolute atomic E-state index is 0.843. The lowest BCUT2D eigenvalue weighted by molar-refractivity contribution is 0.283. The van der Waals surface area contributed by atoms with Gasteiger partial charge >= 0.3 is 0 Å². The molecule has 0 aliphatic carbocycles. The SMILES string of the molecule is C=CCN1CCN(c2nc(NCCCCC)c3ccccc3n2)CC1. The number of piperazine rings is 1. The lowest BCUT2D eigenvalue weighted by Crippen LogP contribution is -2.47. The van der Waals surface area contributed by atoms with Gasteiger partial charge in [0, 0.05) is 44.7 Å². The van der Waals surface area contributed by atoms with Gasteiger partial charge in [-0.1, -0.05) is 38.0 Å². The van der Waals surface area contributed by atoms with E-state index in [-0.39, 0.29) is 0 Å². The number of benzene rings is 1. The second kappa shape index (κ2) is 8.81. The largest absolute Gasteiger partial charge is 0.369 e. The number of anilines is 2. The Morgan fingerprint density at radius 2 is 1.92 bits per heavy atom. The highest BCUT2D eigenvalue weighted by Crippen LogP contribution is 2.24. The van der Waals surface area contributed by atoms with Gasteiger partial charge in [0.15, 0.2) is 0 Å². The zero-order valence-corrected chi connectivity index (χ0v) is 15.2. The van der Waals surface area contributed by atoms with Gasteiger partial charge in [-0.15, -0.1) is 6.58 Å². The van der Waals surface area contributed by atoms with Crippen molar-refractivity contribution in [1.29, 1.82) is 0 Å². The monoisotopic (exact) mass is 339 g/mol. The standard InChI is InChI=1S/C20H29N5/c1-3-5-8-11-21-19-17-9-6-7-10-18(17)22-20(23-19)25-15-13-24(12-4-2)14-16-25/h4,6-7,9-10H,2-3,5,8,11-16H2,1H3,(H,21,22,23). The third-order valence-electron chi connectivity index (χ3n) is 4.71. The number of nitrogens with one attached hydrogen (secondary N) is 1. The smallest absolute Gasteiger partial charge is 0.227 e. The van der Waals surface area contributed by atoms with Crippen molar-refractivity contribution in [3.63, 3.8) is 0 Å². The molecule has 5 nitrogen and oxygen atoms in total. The minimum Gasteiger partial charge on any atom is -0.369 e. The summed E-state index contributed by atoms with van der Waals surface area (Å²) in [6.07, 6.45) is 5.62. The summed E-state index contributed by atoms with van der Waals surface area (Å²) in [5.74, 6) is 1.81. The molecule has 0 radical (unpaired) electrons. The molecule has 25 heavy (non-hydrogen) atoms. The van der Waals surface area contributed by atoms with Gasteiger partial charge in [0.2, 0.25) is 5.95 Å². The molecule has 1 aromatic heterocycles. The van der Waals surface area contributed by atoms with E-state index in [1.54, 1.807) is 0 Å². The Kier molecular flexibility index (Phi) is 6.23. The van der Waals surface area contributed by atoms with Gasteiger partial charge in [0.1, 0.15) is 5.82 Å². The van der Waals surface area contributed by atoms with E-state index in [1.807, 2.05) is 12.1 Å². The van der Waals surface area contributed by atoms with Crippen molar-refractivity contribution in [1.82, 2.24) is 14.9 Å². The zero-order valence-electron chi connectivity index (χ0n) is 15.2. The molecule has 0 spiro atoms. The molecule has 1 fully saturated rings. The molecular formula is C20H29N5. The van der Waals surface area contributed by atoms with Crippen LogP contribution >= 0.6 is 0 Å². The molecular weight excluding hydrogens is 310 g/mol. The first-order chi connectivity index (χ1) is 12.3. The van der Waals surface area contributed by atoms with Gasteiger partial charge in [0.25, 0.3) is 0 Å². The van der Waals surface area contributed by atoms with Crippen LogP contribution in [0.25, 0.3) is 10.9 Å². The Labute approximate surface area is 150 Å². The average Bonchev–Trinajstić information content (AvgIpc) is 2.66. The Balaban J connectivity index is 1.77. The van der Waals surface area contributed by atoms with Crippen LogP contribution in [0.4, 0.5) is 11.8 Å². The molecule has 0 saturated carbocycles. The van der Waals surface area contributed by atoms with Crippen LogP contribution in [-0.4, -0.2) is 54.1 Å². The quantitative estimate of drug-likeness (QED) is 0.589. The van der Waals surface area contributed by atoms with Crippen molar-refractivity contribution in [3.8, 4) is 0 Å². The van der Waals surface area contributed by atoms with Crippen LogP contribution in [0.1, 0.15) is 26.2 Å². The zero-order chi connectivity index (χ0) is 17.5. The van der Waals surface area contributed by atoms with Crippen LogP contribution < -0.4 is 10.2 Å². The van der Waals surface area contributed by atoms with E-state index in [4.69, 9.17) is 9.97 Å². The van der Waals surface area contributed by atoms with E-state index in [2.05, 4.69) is 46.8 Å². The maximum Gasteiger partial charge on any atom is 0.227 e. The van der Waals surface area contributed by atoms with Crippen molar-refractivity contribution in [3.05, 3.63) is 36.9 Å². The highest BCUT2D eigenvalue weighted by atomic mass is 15.3. The summed E-state index contributed by atoms with van der Waals surface area (Å²) in [6, 6.07) is 8.27. The number of unbranched alkanes of at least 4 members (excludes halogenated alkanes) is 2. The van der Waals surface area contributed by atoms with E-state index in [1.165, 1.54) is 19.3 Å². The van der Waals surface area contributed by atoms with Crippen molar-refractivity contribution in [2.45, 2.75) is 26.2 Å². The Bertz CT molecular complexity index is 692. The fraction of sp³-hybridized carbons (Fsp3) is 0.500. The molecule has 134 valence electrons. The first-order valence-corrected chi connectivity index (χ1v) is 9.40. The number of rotatable bonds is 8. The molecule has 0 atom stereocenters. The van der Waals surface area contributed by atoms with E-state index >= 15 is 0 Å². The van der Waals surface area contributed by atoms with Gasteiger partial charge in [-0.3, -0.25) is 4.90 Å². The summed E-state index contributed by atoms with van der Waals surface area (Å²) >= 11 is 0. The number of hydrogen-bond acceptors (Lipinski definition) is 5. The molecule has 1 N–H and O–H groups in total. The Morgan fingerprint density at radius 1 is 1.12 bits per heavy atom. The van der Waals surface area contributed by atoms with Crippen molar-refractivity contribution >= 4 is 22.7 Å². The van der Waals surface area contributed by atoms with E-state index in [0.717, 1.165) is 61.9 Å². The van der Waals surface area contributed by atoms with E-state index in [0.29, 0.717) is 0 Å². The van der Waals surface area contributed by atoms with E-state index < -0.39 is 0 Å². The van der Waals surface area contributed by atoms with Crippen molar-refractivity contribution in [2.75, 3.05) is 49.5 Å². The van der Waals surface area contributed by atoms with Crippen LogP contribution in [0.5, 0.6) is 0 Å². The predicted molar refractivity (Wildman–Crippen MR) is 106 cm³/mol. The van der Waals surface area contributed by atoms with Gasteiger partial charge in [-0.05, 0) is 18.6 Å². The second-order valence-corrected chi connectivity index (χ2v) is 6.60. The van der Waals surface area contributed by atoms with Gasteiger partial charge in [-0.25, -0.2) is 4.98 Å².